The predicted molar refractivity (Wildman–Crippen MR) is 111 cm³/mol. The molecule has 0 bridgehead atoms. The molecule has 0 aliphatic heterocycles. The first kappa shape index (κ1) is 24.3. The van der Waals surface area contributed by atoms with Gasteiger partial charge in [0, 0.05) is 24.0 Å². The number of carbonyl (C=O) groups is 2. The smallest absolute Gasteiger partial charge is 0.388 e. The van der Waals surface area contributed by atoms with E-state index in [9.17, 15) is 31.5 Å². The summed E-state index contributed by atoms with van der Waals surface area (Å²) in [5.74, 6) is -1.63. The van der Waals surface area contributed by atoms with E-state index in [1.165, 1.54) is 42.5 Å². The van der Waals surface area contributed by atoms with Crippen LogP contribution in [0.1, 0.15) is 15.9 Å². The molecule has 0 aliphatic carbocycles. The van der Waals surface area contributed by atoms with Crippen LogP contribution < -0.4 is 16.0 Å². The summed E-state index contributed by atoms with van der Waals surface area (Å²) in [5, 5.41) is 7.39. The molecular weight excluding hydrogens is 433 g/mol. The van der Waals surface area contributed by atoms with Crippen LogP contribution in [0.4, 0.5) is 39.0 Å². The fourth-order valence-electron chi connectivity index (χ4n) is 2.45. The van der Waals surface area contributed by atoms with Crippen LogP contribution in [-0.4, -0.2) is 19.4 Å². The molecular formula is C22H18F5N3O2. The molecule has 0 fully saturated rings. The Labute approximate surface area is 180 Å². The van der Waals surface area contributed by atoms with E-state index in [1.807, 2.05) is 0 Å². The van der Waals surface area contributed by atoms with Crippen molar-refractivity contribution in [2.45, 2.75) is 6.18 Å². The Morgan fingerprint density at radius 3 is 2.25 bits per heavy atom. The van der Waals surface area contributed by atoms with Crippen LogP contribution in [0.25, 0.3) is 0 Å². The predicted octanol–water partition coefficient (Wildman–Crippen LogP) is 5.53. The Kier molecular flexibility index (Phi) is 8.28. The normalized spacial score (nSPS) is 10.4. The highest BCUT2D eigenvalue weighted by atomic mass is 19.4. The minimum Gasteiger partial charge on any atom is -0.388 e. The van der Waals surface area contributed by atoms with Gasteiger partial charge in [0.05, 0.1) is 11.3 Å². The van der Waals surface area contributed by atoms with Crippen LogP contribution in [0.2, 0.25) is 0 Å². The zero-order chi connectivity index (χ0) is 23.7. The number of benzene rings is 3. The standard InChI is InChI=1S/C14H12F2N2O.C8H6F3NO/c1-17-11-5-6-12(16)13(8-11)18-14(19)9-3-2-4-10(15)7-9;9-8(10,11)6-2-1-3-7(4-6)12-5-13/h2-8,17H,1H3,(H,18,19);1-5H,(H,12,13). The van der Waals surface area contributed by atoms with Crippen molar-refractivity contribution < 1.29 is 31.5 Å². The average Bonchev–Trinajstić information content (AvgIpc) is 2.75. The maximum absolute atomic E-state index is 13.5. The second-order valence-corrected chi connectivity index (χ2v) is 6.25. The number of amides is 2. The van der Waals surface area contributed by atoms with Crippen LogP contribution in [-0.2, 0) is 11.0 Å². The molecule has 10 heteroatoms. The lowest BCUT2D eigenvalue weighted by molar-refractivity contribution is -0.137. The maximum Gasteiger partial charge on any atom is 0.416 e. The third-order valence-corrected chi connectivity index (χ3v) is 4.01. The molecule has 0 saturated heterocycles. The number of carbonyl (C=O) groups excluding carboxylic acids is 2. The van der Waals surface area contributed by atoms with E-state index in [-0.39, 0.29) is 16.9 Å². The summed E-state index contributed by atoms with van der Waals surface area (Å²) in [6.45, 7) is 0. The van der Waals surface area contributed by atoms with E-state index in [1.54, 1.807) is 13.1 Å². The van der Waals surface area contributed by atoms with Crippen molar-refractivity contribution in [1.82, 2.24) is 0 Å². The van der Waals surface area contributed by atoms with Crippen molar-refractivity contribution in [3.05, 3.63) is 89.5 Å². The molecule has 0 saturated carbocycles. The van der Waals surface area contributed by atoms with Gasteiger partial charge in [0.2, 0.25) is 6.41 Å². The van der Waals surface area contributed by atoms with Crippen LogP contribution in [0.3, 0.4) is 0 Å². The van der Waals surface area contributed by atoms with E-state index in [2.05, 4.69) is 16.0 Å². The van der Waals surface area contributed by atoms with Gasteiger partial charge >= 0.3 is 6.18 Å². The molecule has 0 heterocycles. The molecule has 0 unspecified atom stereocenters. The van der Waals surface area contributed by atoms with Crippen LogP contribution in [0.15, 0.2) is 66.7 Å². The average molecular weight is 451 g/mol. The molecule has 32 heavy (non-hydrogen) atoms. The molecule has 3 N–H and O–H groups in total. The molecule has 3 rings (SSSR count). The number of nitrogens with one attached hydrogen (secondary N) is 3. The topological polar surface area (TPSA) is 70.2 Å². The molecule has 0 aliphatic rings. The molecule has 5 nitrogen and oxygen atoms in total. The second kappa shape index (κ2) is 10.9. The highest BCUT2D eigenvalue weighted by molar-refractivity contribution is 6.04. The maximum atomic E-state index is 13.5. The van der Waals surface area contributed by atoms with Crippen molar-refractivity contribution in [3.63, 3.8) is 0 Å². The van der Waals surface area contributed by atoms with Gasteiger partial charge in [-0.1, -0.05) is 12.1 Å². The van der Waals surface area contributed by atoms with Crippen molar-refractivity contribution in [2.75, 3.05) is 23.0 Å². The molecule has 0 radical (unpaired) electrons. The van der Waals surface area contributed by atoms with Crippen LogP contribution in [0.5, 0.6) is 0 Å². The minimum absolute atomic E-state index is 0.0427. The Balaban J connectivity index is 0.000000244. The highest BCUT2D eigenvalue weighted by Crippen LogP contribution is 2.30. The number of hydrogen-bond donors (Lipinski definition) is 3. The van der Waals surface area contributed by atoms with Gasteiger partial charge in [-0.15, -0.1) is 0 Å². The number of halogens is 5. The number of rotatable bonds is 5. The lowest BCUT2D eigenvalue weighted by Gasteiger charge is -2.08. The molecule has 0 atom stereocenters. The number of hydrogen-bond acceptors (Lipinski definition) is 3. The van der Waals surface area contributed by atoms with E-state index in [0.717, 1.165) is 18.2 Å². The fraction of sp³-hybridized carbons (Fsp3) is 0.0909. The third kappa shape index (κ3) is 7.08. The van der Waals surface area contributed by atoms with Gasteiger partial charge < -0.3 is 16.0 Å². The summed E-state index contributed by atoms with van der Waals surface area (Å²) in [4.78, 5) is 21.8. The Morgan fingerprint density at radius 2 is 1.62 bits per heavy atom. The monoisotopic (exact) mass is 451 g/mol. The molecule has 0 aromatic heterocycles. The van der Waals surface area contributed by atoms with Crippen molar-refractivity contribution in [2.24, 2.45) is 0 Å². The van der Waals surface area contributed by atoms with Crippen molar-refractivity contribution in [1.29, 1.82) is 0 Å². The van der Waals surface area contributed by atoms with Gasteiger partial charge in [0.1, 0.15) is 11.6 Å². The van der Waals surface area contributed by atoms with Gasteiger partial charge in [-0.25, -0.2) is 8.78 Å². The molecule has 3 aromatic rings. The van der Waals surface area contributed by atoms with Crippen molar-refractivity contribution >= 4 is 29.4 Å². The first-order valence-corrected chi connectivity index (χ1v) is 9.05. The van der Waals surface area contributed by atoms with E-state index in [0.29, 0.717) is 12.1 Å². The summed E-state index contributed by atoms with van der Waals surface area (Å²) in [7, 11) is 1.69. The Bertz CT molecular complexity index is 1090. The summed E-state index contributed by atoms with van der Waals surface area (Å²) < 4.78 is 62.8. The Morgan fingerprint density at radius 1 is 0.906 bits per heavy atom. The molecule has 3 aromatic carbocycles. The number of anilines is 3. The largest absolute Gasteiger partial charge is 0.416 e. The zero-order valence-corrected chi connectivity index (χ0v) is 16.6. The van der Waals surface area contributed by atoms with Gasteiger partial charge in [0.25, 0.3) is 5.91 Å². The molecule has 0 spiro atoms. The van der Waals surface area contributed by atoms with E-state index >= 15 is 0 Å². The third-order valence-electron chi connectivity index (χ3n) is 4.01. The molecule has 2 amide bonds. The first-order valence-electron chi connectivity index (χ1n) is 9.05. The second-order valence-electron chi connectivity index (χ2n) is 6.25. The van der Waals surface area contributed by atoms with Crippen LogP contribution in [0, 0.1) is 11.6 Å². The van der Waals surface area contributed by atoms with E-state index in [4.69, 9.17) is 0 Å². The Hall–Kier alpha value is -3.95. The SMILES string of the molecule is CNc1ccc(F)c(NC(=O)c2cccc(F)c2)c1.O=CNc1cccc(C(F)(F)F)c1. The van der Waals surface area contributed by atoms with Gasteiger partial charge in [-0.05, 0) is 54.6 Å². The van der Waals surface area contributed by atoms with Crippen molar-refractivity contribution in [3.8, 4) is 0 Å². The number of alkyl halides is 3. The van der Waals surface area contributed by atoms with Crippen LogP contribution >= 0.6 is 0 Å². The lowest BCUT2D eigenvalue weighted by atomic mass is 10.2. The summed E-state index contributed by atoms with van der Waals surface area (Å²) in [6.07, 6.45) is -4.05. The lowest BCUT2D eigenvalue weighted by Crippen LogP contribution is -2.13. The van der Waals surface area contributed by atoms with Gasteiger partial charge in [-0.3, -0.25) is 9.59 Å². The molecule has 168 valence electrons. The summed E-state index contributed by atoms with van der Waals surface area (Å²) >= 11 is 0. The van der Waals surface area contributed by atoms with E-state index < -0.39 is 29.3 Å². The zero-order valence-electron chi connectivity index (χ0n) is 16.6. The minimum atomic E-state index is -4.37. The summed E-state index contributed by atoms with van der Waals surface area (Å²) in [5.41, 5.74) is 0.190. The fourth-order valence-corrected chi connectivity index (χ4v) is 2.45. The quantitative estimate of drug-likeness (QED) is 0.353. The first-order chi connectivity index (χ1) is 15.1. The summed E-state index contributed by atoms with van der Waals surface area (Å²) in [6, 6.07) is 13.9. The van der Waals surface area contributed by atoms with Gasteiger partial charge in [-0.2, -0.15) is 13.2 Å². The van der Waals surface area contributed by atoms with Gasteiger partial charge in [0.15, 0.2) is 0 Å². The highest BCUT2D eigenvalue weighted by Gasteiger charge is 2.30.